The molecule has 1 atom stereocenters. The van der Waals surface area contributed by atoms with Crippen LogP contribution in [0.4, 0.5) is 0 Å². The molecule has 2 heteroatoms. The minimum atomic E-state index is -0.296. The molecule has 0 amide bonds. The molecule has 0 radical (unpaired) electrons. The summed E-state index contributed by atoms with van der Waals surface area (Å²) in [4.78, 5) is 0. The van der Waals surface area contributed by atoms with Gasteiger partial charge in [-0.3, -0.25) is 5.32 Å². The third-order valence-electron chi connectivity index (χ3n) is 3.48. The normalized spacial score (nSPS) is 18.8. The quantitative estimate of drug-likeness (QED) is 0.818. The summed E-state index contributed by atoms with van der Waals surface area (Å²) in [6.45, 7) is 2.89. The molecule has 0 aromatic heterocycles. The second kappa shape index (κ2) is 4.67. The minimum absolute atomic E-state index is 0.296. The van der Waals surface area contributed by atoms with Gasteiger partial charge in [-0.25, -0.2) is 0 Å². The molecule has 1 unspecified atom stereocenters. The molecular formula is C14H18N2. The van der Waals surface area contributed by atoms with E-state index >= 15 is 0 Å². The van der Waals surface area contributed by atoms with Crippen LogP contribution in [0.5, 0.6) is 0 Å². The number of benzene rings is 1. The molecule has 1 aliphatic carbocycles. The van der Waals surface area contributed by atoms with Gasteiger partial charge < -0.3 is 0 Å². The zero-order valence-corrected chi connectivity index (χ0v) is 9.74. The number of nitrogens with zero attached hydrogens (tertiary/aromatic N) is 1. The van der Waals surface area contributed by atoms with Crippen LogP contribution >= 0.6 is 0 Å². The van der Waals surface area contributed by atoms with E-state index in [1.54, 1.807) is 0 Å². The van der Waals surface area contributed by atoms with Crippen LogP contribution in [0, 0.1) is 17.2 Å². The van der Waals surface area contributed by atoms with E-state index < -0.39 is 0 Å². The summed E-state index contributed by atoms with van der Waals surface area (Å²) in [6, 6.07) is 12.8. The number of hydrogen-bond acceptors (Lipinski definition) is 2. The lowest BCUT2D eigenvalue weighted by molar-refractivity contribution is 0.351. The second-order valence-corrected chi connectivity index (χ2v) is 4.55. The first-order valence-electron chi connectivity index (χ1n) is 6.01. The van der Waals surface area contributed by atoms with Gasteiger partial charge in [-0.2, -0.15) is 5.26 Å². The Bertz CT molecular complexity index is 375. The van der Waals surface area contributed by atoms with Crippen molar-refractivity contribution in [1.82, 2.24) is 5.32 Å². The molecule has 0 bridgehead atoms. The van der Waals surface area contributed by atoms with E-state index in [0.29, 0.717) is 5.92 Å². The van der Waals surface area contributed by atoms with Crippen molar-refractivity contribution in [3.63, 3.8) is 0 Å². The zero-order valence-electron chi connectivity index (χ0n) is 9.74. The predicted molar refractivity (Wildman–Crippen MR) is 64.6 cm³/mol. The molecule has 1 aromatic rings. The zero-order chi connectivity index (χ0) is 11.4. The van der Waals surface area contributed by atoms with Crippen LogP contribution in [0.2, 0.25) is 0 Å². The van der Waals surface area contributed by atoms with E-state index in [4.69, 9.17) is 0 Å². The van der Waals surface area contributed by atoms with Gasteiger partial charge in [0.05, 0.1) is 6.07 Å². The van der Waals surface area contributed by atoms with Crippen molar-refractivity contribution in [3.8, 4) is 6.07 Å². The van der Waals surface area contributed by atoms with E-state index in [2.05, 4.69) is 30.4 Å². The molecule has 0 aliphatic heterocycles. The van der Waals surface area contributed by atoms with Crippen LogP contribution in [0.3, 0.4) is 0 Å². The molecule has 1 saturated carbocycles. The molecular weight excluding hydrogens is 196 g/mol. The van der Waals surface area contributed by atoms with Gasteiger partial charge in [-0.05, 0) is 30.7 Å². The maximum absolute atomic E-state index is 9.35. The topological polar surface area (TPSA) is 35.8 Å². The van der Waals surface area contributed by atoms with E-state index in [9.17, 15) is 5.26 Å². The fourth-order valence-corrected chi connectivity index (χ4v) is 2.20. The summed E-state index contributed by atoms with van der Waals surface area (Å²) in [5.41, 5.74) is 0.951. The van der Waals surface area contributed by atoms with Crippen molar-refractivity contribution in [2.75, 3.05) is 0 Å². The molecule has 1 aromatic carbocycles. The predicted octanol–water partition coefficient (Wildman–Crippen LogP) is 2.86. The summed E-state index contributed by atoms with van der Waals surface area (Å²) < 4.78 is 0. The fourth-order valence-electron chi connectivity index (χ4n) is 2.20. The van der Waals surface area contributed by atoms with Crippen molar-refractivity contribution >= 4 is 0 Å². The maximum atomic E-state index is 9.35. The third-order valence-corrected chi connectivity index (χ3v) is 3.48. The van der Waals surface area contributed by atoms with E-state index in [0.717, 1.165) is 13.0 Å². The number of nitriles is 1. The molecule has 1 aliphatic rings. The molecule has 84 valence electrons. The van der Waals surface area contributed by atoms with Gasteiger partial charge in [0, 0.05) is 6.54 Å². The van der Waals surface area contributed by atoms with Gasteiger partial charge >= 0.3 is 0 Å². The van der Waals surface area contributed by atoms with Gasteiger partial charge in [-0.15, -0.1) is 0 Å². The molecule has 0 heterocycles. The van der Waals surface area contributed by atoms with Crippen molar-refractivity contribution in [1.29, 1.82) is 5.26 Å². The Morgan fingerprint density at radius 1 is 1.38 bits per heavy atom. The highest BCUT2D eigenvalue weighted by Crippen LogP contribution is 2.41. The lowest BCUT2D eigenvalue weighted by atomic mass is 9.91. The number of hydrogen-bond donors (Lipinski definition) is 1. The minimum Gasteiger partial charge on any atom is -0.295 e. The number of nitrogens with one attached hydrogen (secondary N) is 1. The molecule has 1 N–H and O–H groups in total. The van der Waals surface area contributed by atoms with Gasteiger partial charge in [0.2, 0.25) is 0 Å². The molecule has 2 rings (SSSR count). The average Bonchev–Trinajstić information content (AvgIpc) is 3.17. The average molecular weight is 214 g/mol. The van der Waals surface area contributed by atoms with Gasteiger partial charge in [-0.1, -0.05) is 37.3 Å². The summed E-state index contributed by atoms with van der Waals surface area (Å²) in [5, 5.41) is 12.8. The highest BCUT2D eigenvalue weighted by atomic mass is 15.0. The van der Waals surface area contributed by atoms with Gasteiger partial charge in [0.1, 0.15) is 5.54 Å². The molecule has 1 fully saturated rings. The van der Waals surface area contributed by atoms with Crippen LogP contribution in [-0.4, -0.2) is 5.54 Å². The fraction of sp³-hybridized carbons (Fsp3) is 0.500. The van der Waals surface area contributed by atoms with Crippen LogP contribution in [-0.2, 0) is 6.54 Å². The maximum Gasteiger partial charge on any atom is 0.109 e. The highest BCUT2D eigenvalue weighted by molar-refractivity contribution is 5.18. The lowest BCUT2D eigenvalue weighted by Crippen LogP contribution is -2.45. The third kappa shape index (κ3) is 2.25. The Kier molecular flexibility index (Phi) is 3.26. The van der Waals surface area contributed by atoms with Crippen molar-refractivity contribution in [2.24, 2.45) is 5.92 Å². The molecule has 16 heavy (non-hydrogen) atoms. The summed E-state index contributed by atoms with van der Waals surface area (Å²) in [7, 11) is 0. The monoisotopic (exact) mass is 214 g/mol. The Morgan fingerprint density at radius 2 is 2.06 bits per heavy atom. The lowest BCUT2D eigenvalue weighted by Gasteiger charge is -2.26. The Hall–Kier alpha value is -1.33. The summed E-state index contributed by atoms with van der Waals surface area (Å²) in [5.74, 6) is 0.561. The SMILES string of the molecule is CCC(C#N)(NCc1ccccc1)C1CC1. The second-order valence-electron chi connectivity index (χ2n) is 4.55. The first kappa shape index (κ1) is 11.2. The summed E-state index contributed by atoms with van der Waals surface area (Å²) >= 11 is 0. The smallest absolute Gasteiger partial charge is 0.109 e. The van der Waals surface area contributed by atoms with E-state index in [1.807, 2.05) is 18.2 Å². The van der Waals surface area contributed by atoms with Gasteiger partial charge in [0.15, 0.2) is 0 Å². The standard InChI is InChI=1S/C14H18N2/c1-2-14(11-15,13-8-9-13)16-10-12-6-4-3-5-7-12/h3-7,13,16H,2,8-10H2,1H3. The van der Waals surface area contributed by atoms with Crippen LogP contribution in [0.1, 0.15) is 31.7 Å². The summed E-state index contributed by atoms with van der Waals surface area (Å²) in [6.07, 6.45) is 3.29. The first-order chi connectivity index (χ1) is 7.80. The Balaban J connectivity index is 2.00. The Morgan fingerprint density at radius 3 is 2.56 bits per heavy atom. The largest absolute Gasteiger partial charge is 0.295 e. The van der Waals surface area contributed by atoms with Crippen molar-refractivity contribution in [3.05, 3.63) is 35.9 Å². The molecule has 0 spiro atoms. The van der Waals surface area contributed by atoms with Crippen LogP contribution < -0.4 is 5.32 Å². The Labute approximate surface area is 97.3 Å². The highest BCUT2D eigenvalue weighted by Gasteiger charge is 2.43. The molecule has 0 saturated heterocycles. The molecule has 2 nitrogen and oxygen atoms in total. The van der Waals surface area contributed by atoms with Gasteiger partial charge in [0.25, 0.3) is 0 Å². The first-order valence-corrected chi connectivity index (χ1v) is 6.01. The van der Waals surface area contributed by atoms with Crippen molar-refractivity contribution in [2.45, 2.75) is 38.3 Å². The van der Waals surface area contributed by atoms with E-state index in [-0.39, 0.29) is 5.54 Å². The van der Waals surface area contributed by atoms with Crippen LogP contribution in [0.15, 0.2) is 30.3 Å². The number of rotatable bonds is 5. The van der Waals surface area contributed by atoms with E-state index in [1.165, 1.54) is 18.4 Å². The van der Waals surface area contributed by atoms with Crippen molar-refractivity contribution < 1.29 is 0 Å². The van der Waals surface area contributed by atoms with Crippen LogP contribution in [0.25, 0.3) is 0 Å².